The van der Waals surface area contributed by atoms with Gasteiger partial charge in [-0.25, -0.2) is 0 Å². The molecule has 1 fully saturated rings. The molecule has 2 rings (SSSR count). The van der Waals surface area contributed by atoms with Crippen molar-refractivity contribution in [3.05, 3.63) is 24.3 Å². The fraction of sp³-hybridized carbons (Fsp3) is 0.650. The average molecular weight is 362 g/mol. The summed E-state index contributed by atoms with van der Waals surface area (Å²) in [4.78, 5) is 9.53. The van der Waals surface area contributed by atoms with Crippen LogP contribution in [0.4, 0.5) is 5.69 Å². The van der Waals surface area contributed by atoms with Crippen molar-refractivity contribution in [2.24, 2.45) is 16.6 Å². The standard InChI is InChI=1S/C20H35N5O/c1-5-24-10-12-25(13-11-24)15-17(4)14-22-20(21)23-18-6-8-19(9-7-18)26-16(2)3/h6-9,16-17H,5,10-15H2,1-4H3,(H3,21,22,23). The molecule has 1 atom stereocenters. The van der Waals surface area contributed by atoms with Crippen LogP contribution in [0.1, 0.15) is 27.7 Å². The van der Waals surface area contributed by atoms with E-state index < -0.39 is 0 Å². The second kappa shape index (κ2) is 10.4. The first-order valence-electron chi connectivity index (χ1n) is 9.74. The third-order valence-corrected chi connectivity index (χ3v) is 4.55. The Morgan fingerprint density at radius 3 is 2.31 bits per heavy atom. The lowest BCUT2D eigenvalue weighted by molar-refractivity contribution is 0.125. The van der Waals surface area contributed by atoms with Crippen molar-refractivity contribution in [3.8, 4) is 5.75 Å². The van der Waals surface area contributed by atoms with E-state index in [0.29, 0.717) is 11.9 Å². The number of piperazine rings is 1. The van der Waals surface area contributed by atoms with Crippen molar-refractivity contribution >= 4 is 11.6 Å². The molecule has 1 saturated heterocycles. The van der Waals surface area contributed by atoms with Crippen molar-refractivity contribution < 1.29 is 4.74 Å². The molecule has 0 radical (unpaired) electrons. The molecule has 1 aliphatic rings. The van der Waals surface area contributed by atoms with Crippen molar-refractivity contribution in [2.45, 2.75) is 33.8 Å². The second-order valence-corrected chi connectivity index (χ2v) is 7.38. The Balaban J connectivity index is 1.73. The third-order valence-electron chi connectivity index (χ3n) is 4.55. The van der Waals surface area contributed by atoms with Crippen LogP contribution in [0.5, 0.6) is 5.75 Å². The molecule has 6 heteroatoms. The van der Waals surface area contributed by atoms with Crippen molar-refractivity contribution in [1.82, 2.24) is 9.80 Å². The van der Waals surface area contributed by atoms with Crippen LogP contribution in [-0.4, -0.2) is 67.7 Å². The summed E-state index contributed by atoms with van der Waals surface area (Å²) >= 11 is 0. The number of anilines is 1. The molecule has 1 aliphatic heterocycles. The molecule has 1 aromatic rings. The molecule has 0 spiro atoms. The topological polar surface area (TPSA) is 66.1 Å². The van der Waals surface area contributed by atoms with Gasteiger partial charge in [-0.1, -0.05) is 13.8 Å². The number of nitrogens with zero attached hydrogens (tertiary/aromatic N) is 3. The Morgan fingerprint density at radius 2 is 1.73 bits per heavy atom. The van der Waals surface area contributed by atoms with E-state index in [0.717, 1.165) is 44.2 Å². The van der Waals surface area contributed by atoms with Gasteiger partial charge in [0, 0.05) is 45.0 Å². The zero-order valence-corrected chi connectivity index (χ0v) is 16.7. The maximum Gasteiger partial charge on any atom is 0.193 e. The van der Waals surface area contributed by atoms with Crippen LogP contribution in [0, 0.1) is 5.92 Å². The number of hydrogen-bond donors (Lipinski definition) is 2. The van der Waals surface area contributed by atoms with E-state index in [1.54, 1.807) is 0 Å². The van der Waals surface area contributed by atoms with E-state index in [1.165, 1.54) is 13.1 Å². The molecule has 0 saturated carbocycles. The summed E-state index contributed by atoms with van der Waals surface area (Å²) in [7, 11) is 0. The lowest BCUT2D eigenvalue weighted by Crippen LogP contribution is -2.47. The number of likely N-dealkylation sites (N-methyl/N-ethyl adjacent to an activating group) is 1. The number of hydrogen-bond acceptors (Lipinski definition) is 4. The highest BCUT2D eigenvalue weighted by Crippen LogP contribution is 2.16. The quantitative estimate of drug-likeness (QED) is 0.550. The number of nitrogens with two attached hydrogens (primary N) is 1. The van der Waals surface area contributed by atoms with Crippen LogP contribution < -0.4 is 15.8 Å². The zero-order chi connectivity index (χ0) is 18.9. The Hall–Kier alpha value is -1.79. The average Bonchev–Trinajstić information content (AvgIpc) is 2.62. The fourth-order valence-electron chi connectivity index (χ4n) is 3.12. The van der Waals surface area contributed by atoms with Gasteiger partial charge >= 0.3 is 0 Å². The Kier molecular flexibility index (Phi) is 8.19. The number of rotatable bonds is 8. The molecule has 0 amide bonds. The SMILES string of the molecule is CCN1CCN(CC(C)CN=C(N)Nc2ccc(OC(C)C)cc2)CC1. The number of ether oxygens (including phenoxy) is 1. The van der Waals surface area contributed by atoms with Crippen LogP contribution in [0.3, 0.4) is 0 Å². The van der Waals surface area contributed by atoms with Crippen molar-refractivity contribution in [2.75, 3.05) is 51.1 Å². The highest BCUT2D eigenvalue weighted by atomic mass is 16.5. The minimum atomic E-state index is 0.173. The smallest absolute Gasteiger partial charge is 0.193 e. The first kappa shape index (κ1) is 20.5. The lowest BCUT2D eigenvalue weighted by atomic mass is 10.1. The highest BCUT2D eigenvalue weighted by Gasteiger charge is 2.17. The minimum absolute atomic E-state index is 0.173. The van der Waals surface area contributed by atoms with Gasteiger partial charge in [-0.3, -0.25) is 4.99 Å². The number of nitrogens with one attached hydrogen (secondary N) is 1. The van der Waals surface area contributed by atoms with Gasteiger partial charge in [0.25, 0.3) is 0 Å². The van der Waals surface area contributed by atoms with Crippen LogP contribution >= 0.6 is 0 Å². The minimum Gasteiger partial charge on any atom is -0.491 e. The Morgan fingerprint density at radius 1 is 1.12 bits per heavy atom. The van der Waals surface area contributed by atoms with E-state index in [1.807, 2.05) is 38.1 Å². The predicted molar refractivity (Wildman–Crippen MR) is 110 cm³/mol. The van der Waals surface area contributed by atoms with Gasteiger partial charge in [0.05, 0.1) is 6.10 Å². The summed E-state index contributed by atoms with van der Waals surface area (Å²) in [6.07, 6.45) is 0.173. The van der Waals surface area contributed by atoms with Gasteiger partial charge < -0.3 is 25.6 Å². The molecule has 146 valence electrons. The summed E-state index contributed by atoms with van der Waals surface area (Å²) in [6, 6.07) is 7.79. The van der Waals surface area contributed by atoms with Crippen LogP contribution in [0.2, 0.25) is 0 Å². The fourth-order valence-corrected chi connectivity index (χ4v) is 3.12. The molecular weight excluding hydrogens is 326 g/mol. The van der Waals surface area contributed by atoms with Crippen LogP contribution in [0.25, 0.3) is 0 Å². The maximum absolute atomic E-state index is 6.03. The van der Waals surface area contributed by atoms with Crippen LogP contribution in [0.15, 0.2) is 29.3 Å². The number of benzene rings is 1. The van der Waals surface area contributed by atoms with Gasteiger partial charge in [-0.05, 0) is 50.6 Å². The van der Waals surface area contributed by atoms with Gasteiger partial charge in [-0.15, -0.1) is 0 Å². The molecule has 6 nitrogen and oxygen atoms in total. The van der Waals surface area contributed by atoms with Crippen LogP contribution in [-0.2, 0) is 0 Å². The van der Waals surface area contributed by atoms with Crippen molar-refractivity contribution in [1.29, 1.82) is 0 Å². The second-order valence-electron chi connectivity index (χ2n) is 7.38. The summed E-state index contributed by atoms with van der Waals surface area (Å²) in [5.74, 6) is 1.81. The zero-order valence-electron chi connectivity index (χ0n) is 16.7. The van der Waals surface area contributed by atoms with Gasteiger partial charge in [0.2, 0.25) is 0 Å². The Labute approximate surface area is 158 Å². The molecule has 1 unspecified atom stereocenters. The Bertz CT molecular complexity index is 550. The number of guanidine groups is 1. The summed E-state index contributed by atoms with van der Waals surface area (Å²) in [6.45, 7) is 16.1. The van der Waals surface area contributed by atoms with Crippen molar-refractivity contribution in [3.63, 3.8) is 0 Å². The molecule has 0 aromatic heterocycles. The van der Waals surface area contributed by atoms with E-state index in [-0.39, 0.29) is 6.10 Å². The largest absolute Gasteiger partial charge is 0.491 e. The molecule has 0 aliphatic carbocycles. The third kappa shape index (κ3) is 7.22. The van der Waals surface area contributed by atoms with Gasteiger partial charge in [-0.2, -0.15) is 0 Å². The van der Waals surface area contributed by atoms with E-state index in [9.17, 15) is 0 Å². The monoisotopic (exact) mass is 361 g/mol. The number of aliphatic imine (C=N–C) groups is 1. The molecule has 1 heterocycles. The van der Waals surface area contributed by atoms with Gasteiger partial charge in [0.1, 0.15) is 5.75 Å². The first-order valence-corrected chi connectivity index (χ1v) is 9.74. The summed E-state index contributed by atoms with van der Waals surface area (Å²) < 4.78 is 5.64. The molecule has 0 bridgehead atoms. The first-order chi connectivity index (χ1) is 12.5. The molecular formula is C20H35N5O. The maximum atomic E-state index is 6.03. The van der Waals surface area contributed by atoms with E-state index in [4.69, 9.17) is 10.5 Å². The van der Waals surface area contributed by atoms with E-state index in [2.05, 4.69) is 34.0 Å². The summed E-state index contributed by atoms with van der Waals surface area (Å²) in [5.41, 5.74) is 6.95. The van der Waals surface area contributed by atoms with E-state index >= 15 is 0 Å². The highest BCUT2D eigenvalue weighted by molar-refractivity contribution is 5.92. The molecule has 26 heavy (non-hydrogen) atoms. The lowest BCUT2D eigenvalue weighted by Gasteiger charge is -2.35. The molecule has 1 aromatic carbocycles. The predicted octanol–water partition coefficient (Wildman–Crippen LogP) is 2.47. The normalized spacial score (nSPS) is 18.1. The molecule has 3 N–H and O–H groups in total. The summed E-state index contributed by atoms with van der Waals surface area (Å²) in [5, 5.41) is 3.15. The van der Waals surface area contributed by atoms with Gasteiger partial charge in [0.15, 0.2) is 5.96 Å².